The highest BCUT2D eigenvalue weighted by Crippen LogP contribution is 2.33. The summed E-state index contributed by atoms with van der Waals surface area (Å²) in [6.45, 7) is 2.26. The van der Waals surface area contributed by atoms with E-state index in [1.165, 1.54) is 26.4 Å². The topological polar surface area (TPSA) is 145 Å². The monoisotopic (exact) mass is 549 g/mol. The van der Waals surface area contributed by atoms with Gasteiger partial charge in [-0.3, -0.25) is 10.2 Å². The Labute approximate surface area is 223 Å². The summed E-state index contributed by atoms with van der Waals surface area (Å²) in [5, 5.41) is 8.92. The third-order valence-corrected chi connectivity index (χ3v) is 7.91. The number of aliphatic hydroxyl groups is 1. The van der Waals surface area contributed by atoms with Crippen LogP contribution in [0.3, 0.4) is 0 Å². The third-order valence-electron chi connectivity index (χ3n) is 6.18. The van der Waals surface area contributed by atoms with Gasteiger partial charge in [0, 0.05) is 32.8 Å². The smallest absolute Gasteiger partial charge is 0.266 e. The molecule has 1 heterocycles. The molecule has 0 unspecified atom stereocenters. The maximum absolute atomic E-state index is 13.5. The zero-order valence-corrected chi connectivity index (χ0v) is 22.6. The summed E-state index contributed by atoms with van der Waals surface area (Å²) >= 11 is 0. The average molecular weight is 550 g/mol. The van der Waals surface area contributed by atoms with Crippen molar-refractivity contribution in [2.75, 3.05) is 39.7 Å². The van der Waals surface area contributed by atoms with Crippen molar-refractivity contribution >= 4 is 21.6 Å². The van der Waals surface area contributed by atoms with Gasteiger partial charge < -0.3 is 24.1 Å². The summed E-state index contributed by atoms with van der Waals surface area (Å²) in [5.41, 5.74) is 4.47. The molecule has 0 saturated carbocycles. The summed E-state index contributed by atoms with van der Waals surface area (Å²) < 4.78 is 47.9. The van der Waals surface area contributed by atoms with Crippen molar-refractivity contribution in [3.63, 3.8) is 0 Å². The lowest BCUT2D eigenvalue weighted by molar-refractivity contribution is -0.131. The number of hydrogen-bond acceptors (Lipinski definition) is 10. The Bertz CT molecular complexity index is 1170. The molecule has 0 spiro atoms. The second kappa shape index (κ2) is 13.7. The van der Waals surface area contributed by atoms with E-state index in [2.05, 4.69) is 15.8 Å². The molecule has 1 aliphatic heterocycles. The van der Waals surface area contributed by atoms with Crippen molar-refractivity contribution in [2.45, 2.75) is 42.6 Å². The number of aliphatic imine (C=N–C) groups is 1. The van der Waals surface area contributed by atoms with Crippen LogP contribution in [0.4, 0.5) is 0 Å². The second-order valence-electron chi connectivity index (χ2n) is 8.67. The quantitative estimate of drug-likeness (QED) is 0.171. The molecule has 0 aliphatic carbocycles. The van der Waals surface area contributed by atoms with Gasteiger partial charge in [0.15, 0.2) is 21.7 Å². The number of methoxy groups -OCH3 is 2. The standard InChI is InChI=1S/C26H35N3O8S/c1-19-26(25(31)29-27-18-23(34-2)35-3,14-17-38(32,33)22-8-5-4-6-9-22)28-24(37-19)20-10-12-21(13-11-20)36-16-7-15-30/h4-6,8-13,19,23,27,30H,7,14-18H2,1-3H3,(H,29,31)/t19-,26-/m0/s1. The maximum Gasteiger partial charge on any atom is 0.266 e. The van der Waals surface area contributed by atoms with Gasteiger partial charge in [0.2, 0.25) is 5.90 Å². The number of benzene rings is 2. The van der Waals surface area contributed by atoms with Crippen LogP contribution < -0.4 is 15.6 Å². The largest absolute Gasteiger partial charge is 0.494 e. The van der Waals surface area contributed by atoms with Gasteiger partial charge in [-0.15, -0.1) is 0 Å². The summed E-state index contributed by atoms with van der Waals surface area (Å²) in [6.07, 6.45) is -0.948. The number of ether oxygens (including phenoxy) is 4. The van der Waals surface area contributed by atoms with Gasteiger partial charge in [0.05, 0.1) is 23.8 Å². The van der Waals surface area contributed by atoms with Gasteiger partial charge in [-0.2, -0.15) is 0 Å². The molecule has 2 aromatic rings. The van der Waals surface area contributed by atoms with E-state index in [0.29, 0.717) is 24.3 Å². The first-order chi connectivity index (χ1) is 18.3. The van der Waals surface area contributed by atoms with Crippen molar-refractivity contribution < 1.29 is 37.3 Å². The van der Waals surface area contributed by atoms with Crippen LogP contribution in [0.2, 0.25) is 0 Å². The molecule has 3 N–H and O–H groups in total. The molecule has 1 amide bonds. The number of sulfone groups is 1. The number of aliphatic hydroxyl groups excluding tert-OH is 1. The Balaban J connectivity index is 1.85. The number of carbonyl (C=O) groups is 1. The highest BCUT2D eigenvalue weighted by Gasteiger charge is 2.50. The zero-order valence-electron chi connectivity index (χ0n) is 21.8. The molecule has 0 bridgehead atoms. The number of carbonyl (C=O) groups excluding carboxylic acids is 1. The minimum absolute atomic E-state index is 0.0389. The lowest BCUT2D eigenvalue weighted by Crippen LogP contribution is -2.56. The van der Waals surface area contributed by atoms with E-state index < -0.39 is 33.7 Å². The number of hydrogen-bond donors (Lipinski definition) is 3. The molecular weight excluding hydrogens is 514 g/mol. The Morgan fingerprint density at radius 1 is 1.13 bits per heavy atom. The molecule has 38 heavy (non-hydrogen) atoms. The zero-order chi connectivity index (χ0) is 27.6. The lowest BCUT2D eigenvalue weighted by Gasteiger charge is -2.28. The minimum atomic E-state index is -3.68. The molecule has 1 aliphatic rings. The molecule has 0 fully saturated rings. The first-order valence-corrected chi connectivity index (χ1v) is 13.9. The van der Waals surface area contributed by atoms with Crippen LogP contribution >= 0.6 is 0 Å². The summed E-state index contributed by atoms with van der Waals surface area (Å²) in [7, 11) is -0.739. The van der Waals surface area contributed by atoms with Crippen LogP contribution in [0.5, 0.6) is 5.75 Å². The Morgan fingerprint density at radius 3 is 2.45 bits per heavy atom. The summed E-state index contributed by atoms with van der Waals surface area (Å²) in [6, 6.07) is 15.0. The van der Waals surface area contributed by atoms with Crippen molar-refractivity contribution in [1.82, 2.24) is 10.9 Å². The van der Waals surface area contributed by atoms with Crippen molar-refractivity contribution in [2.24, 2.45) is 4.99 Å². The number of amides is 1. The van der Waals surface area contributed by atoms with E-state index in [0.717, 1.165) is 0 Å². The molecular formula is C26H35N3O8S. The Kier molecular flexibility index (Phi) is 10.6. The average Bonchev–Trinajstić information content (AvgIpc) is 3.28. The molecule has 11 nitrogen and oxygen atoms in total. The molecule has 2 atom stereocenters. The highest BCUT2D eigenvalue weighted by molar-refractivity contribution is 7.91. The van der Waals surface area contributed by atoms with Gasteiger partial charge in [-0.1, -0.05) is 18.2 Å². The minimum Gasteiger partial charge on any atom is -0.494 e. The molecule has 12 heteroatoms. The van der Waals surface area contributed by atoms with E-state index in [4.69, 9.17) is 24.1 Å². The number of hydrazine groups is 1. The molecule has 0 saturated heterocycles. The van der Waals surface area contributed by atoms with Crippen LogP contribution in [-0.2, 0) is 28.8 Å². The van der Waals surface area contributed by atoms with Crippen LogP contribution in [0, 0.1) is 0 Å². The summed E-state index contributed by atoms with van der Waals surface area (Å²) in [4.78, 5) is 18.3. The molecule has 2 aromatic carbocycles. The highest BCUT2D eigenvalue weighted by atomic mass is 32.2. The molecule has 208 valence electrons. The van der Waals surface area contributed by atoms with Gasteiger partial charge in [-0.05, 0) is 49.7 Å². The predicted molar refractivity (Wildman–Crippen MR) is 141 cm³/mol. The first-order valence-electron chi connectivity index (χ1n) is 12.2. The SMILES string of the molecule is COC(CNNC(=O)[C@@]1(CCS(=O)(=O)c2ccccc2)N=C(c2ccc(OCCCO)cc2)O[C@H]1C)OC. The maximum atomic E-state index is 13.5. The second-order valence-corrected chi connectivity index (χ2v) is 10.8. The summed E-state index contributed by atoms with van der Waals surface area (Å²) in [5.74, 6) is -0.0240. The fourth-order valence-corrected chi connectivity index (χ4v) is 5.26. The van der Waals surface area contributed by atoms with Crippen LogP contribution in [0.1, 0.15) is 25.3 Å². The lowest BCUT2D eigenvalue weighted by atomic mass is 9.90. The normalized spacial score (nSPS) is 19.2. The van der Waals surface area contributed by atoms with E-state index >= 15 is 0 Å². The van der Waals surface area contributed by atoms with E-state index in [1.807, 2.05) is 0 Å². The van der Waals surface area contributed by atoms with Gasteiger partial charge in [0.1, 0.15) is 11.9 Å². The van der Waals surface area contributed by atoms with E-state index in [9.17, 15) is 13.2 Å². The predicted octanol–water partition coefficient (Wildman–Crippen LogP) is 1.46. The molecule has 0 aromatic heterocycles. The number of rotatable bonds is 15. The fourth-order valence-electron chi connectivity index (χ4n) is 3.87. The van der Waals surface area contributed by atoms with Gasteiger partial charge >= 0.3 is 0 Å². The van der Waals surface area contributed by atoms with E-state index in [-0.39, 0.29) is 36.1 Å². The van der Waals surface area contributed by atoms with Gasteiger partial charge in [-0.25, -0.2) is 18.8 Å². The molecule has 3 rings (SSSR count). The van der Waals surface area contributed by atoms with Crippen molar-refractivity contribution in [1.29, 1.82) is 0 Å². The first kappa shape index (κ1) is 29.5. The van der Waals surface area contributed by atoms with Crippen LogP contribution in [0.25, 0.3) is 0 Å². The van der Waals surface area contributed by atoms with Crippen LogP contribution in [-0.4, -0.2) is 83.0 Å². The van der Waals surface area contributed by atoms with Crippen LogP contribution in [0.15, 0.2) is 64.5 Å². The van der Waals surface area contributed by atoms with E-state index in [1.54, 1.807) is 49.4 Å². The Morgan fingerprint density at radius 2 is 1.82 bits per heavy atom. The van der Waals surface area contributed by atoms with Gasteiger partial charge in [0.25, 0.3) is 5.91 Å². The van der Waals surface area contributed by atoms with Crippen molar-refractivity contribution in [3.8, 4) is 5.75 Å². The third kappa shape index (κ3) is 7.29. The van der Waals surface area contributed by atoms with Crippen molar-refractivity contribution in [3.05, 3.63) is 60.2 Å². The number of nitrogens with zero attached hydrogens (tertiary/aromatic N) is 1. The Hall–Kier alpha value is -3.03. The fraction of sp³-hybridized carbons (Fsp3) is 0.462. The molecule has 0 radical (unpaired) electrons. The number of nitrogens with one attached hydrogen (secondary N) is 2.